The van der Waals surface area contributed by atoms with Crippen LogP contribution in [0.3, 0.4) is 0 Å². The molecule has 1 rings (SSSR count). The van der Waals surface area contributed by atoms with Crippen molar-refractivity contribution < 1.29 is 14.6 Å². The summed E-state index contributed by atoms with van der Waals surface area (Å²) in [5, 5.41) is 19.3. The second-order valence-corrected chi connectivity index (χ2v) is 4.52. The molecule has 0 aliphatic rings. The Hall–Kier alpha value is -1.63. The van der Waals surface area contributed by atoms with Gasteiger partial charge < -0.3 is 15.2 Å². The maximum Gasteiger partial charge on any atom is 0.407 e. The lowest BCUT2D eigenvalue weighted by atomic mass is 10.2. The second kappa shape index (κ2) is 5.62. The molecule has 1 aromatic heterocycles. The lowest BCUT2D eigenvalue weighted by Crippen LogP contribution is -2.34. The van der Waals surface area contributed by atoms with Crippen molar-refractivity contribution in [3.63, 3.8) is 0 Å². The highest BCUT2D eigenvalue weighted by molar-refractivity contribution is 5.67. The van der Waals surface area contributed by atoms with Crippen LogP contribution in [0.5, 0.6) is 0 Å². The maximum absolute atomic E-state index is 11.3. The topological polar surface area (TPSA) is 89.3 Å². The third-order valence-corrected chi connectivity index (χ3v) is 1.73. The molecule has 1 heterocycles. The number of aromatic nitrogens is 3. The van der Waals surface area contributed by atoms with Crippen LogP contribution in [0.1, 0.15) is 26.5 Å². The van der Waals surface area contributed by atoms with Gasteiger partial charge in [-0.25, -0.2) is 4.79 Å². The zero-order valence-electron chi connectivity index (χ0n) is 10.3. The van der Waals surface area contributed by atoms with Crippen LogP contribution in [0.15, 0.2) is 6.20 Å². The Morgan fingerprint density at radius 1 is 1.59 bits per heavy atom. The average molecular weight is 242 g/mol. The fourth-order valence-electron chi connectivity index (χ4n) is 1.09. The minimum Gasteiger partial charge on any atom is -0.444 e. The van der Waals surface area contributed by atoms with Crippen LogP contribution in [-0.2, 0) is 17.9 Å². The van der Waals surface area contributed by atoms with Crippen molar-refractivity contribution in [2.24, 2.45) is 0 Å². The minimum absolute atomic E-state index is 0.139. The first-order valence-corrected chi connectivity index (χ1v) is 5.37. The van der Waals surface area contributed by atoms with Gasteiger partial charge >= 0.3 is 6.09 Å². The molecule has 0 aliphatic heterocycles. The van der Waals surface area contributed by atoms with Gasteiger partial charge in [0.1, 0.15) is 11.3 Å². The van der Waals surface area contributed by atoms with Crippen LogP contribution >= 0.6 is 0 Å². The predicted octanol–water partition coefficient (Wildman–Crippen LogP) is 0.295. The molecule has 7 nitrogen and oxygen atoms in total. The smallest absolute Gasteiger partial charge is 0.407 e. The van der Waals surface area contributed by atoms with Gasteiger partial charge in [0.05, 0.1) is 19.3 Å². The van der Waals surface area contributed by atoms with Crippen LogP contribution in [0.2, 0.25) is 0 Å². The number of carbonyl (C=O) groups excluding carboxylic acids is 1. The highest BCUT2D eigenvalue weighted by atomic mass is 16.6. The van der Waals surface area contributed by atoms with Crippen LogP contribution in [0.25, 0.3) is 0 Å². The van der Waals surface area contributed by atoms with E-state index in [-0.39, 0.29) is 6.61 Å². The lowest BCUT2D eigenvalue weighted by molar-refractivity contribution is 0.0525. The molecule has 17 heavy (non-hydrogen) atoms. The fraction of sp³-hybridized carbons (Fsp3) is 0.700. The van der Waals surface area contributed by atoms with E-state index in [0.717, 1.165) is 0 Å². The van der Waals surface area contributed by atoms with Gasteiger partial charge in [0, 0.05) is 6.54 Å². The summed E-state index contributed by atoms with van der Waals surface area (Å²) < 4.78 is 5.06. The largest absolute Gasteiger partial charge is 0.444 e. The first kappa shape index (κ1) is 13.4. The lowest BCUT2D eigenvalue weighted by Gasteiger charge is -2.19. The molecule has 7 heteroatoms. The number of hydrogen-bond acceptors (Lipinski definition) is 5. The summed E-state index contributed by atoms with van der Waals surface area (Å²) in [5.74, 6) is 0. The average Bonchev–Trinajstić information content (AvgIpc) is 2.63. The molecular formula is C10H18N4O3. The van der Waals surface area contributed by atoms with E-state index in [9.17, 15) is 4.79 Å². The predicted molar refractivity (Wildman–Crippen MR) is 60.2 cm³/mol. The van der Waals surface area contributed by atoms with Gasteiger partial charge in [-0.05, 0) is 20.8 Å². The standard InChI is InChI=1S/C10H18N4O3/c1-10(2,3)17-9(16)11-4-5-14-12-6-8(7-15)13-14/h6,15H,4-5,7H2,1-3H3,(H,11,16). The van der Waals surface area contributed by atoms with E-state index in [0.29, 0.717) is 18.8 Å². The first-order valence-electron chi connectivity index (χ1n) is 5.37. The third-order valence-electron chi connectivity index (χ3n) is 1.73. The van der Waals surface area contributed by atoms with Gasteiger partial charge in [-0.15, -0.1) is 0 Å². The number of hydrogen-bond donors (Lipinski definition) is 2. The maximum atomic E-state index is 11.3. The molecule has 0 unspecified atom stereocenters. The van der Waals surface area contributed by atoms with Crippen LogP contribution in [0, 0.1) is 0 Å². The van der Waals surface area contributed by atoms with Crippen molar-refractivity contribution >= 4 is 6.09 Å². The molecule has 0 radical (unpaired) electrons. The van der Waals surface area contributed by atoms with E-state index in [1.165, 1.54) is 11.0 Å². The monoisotopic (exact) mass is 242 g/mol. The van der Waals surface area contributed by atoms with Crippen molar-refractivity contribution in [1.29, 1.82) is 0 Å². The Morgan fingerprint density at radius 2 is 2.29 bits per heavy atom. The van der Waals surface area contributed by atoms with Gasteiger partial charge in [-0.3, -0.25) is 0 Å². The van der Waals surface area contributed by atoms with Gasteiger partial charge in [0.2, 0.25) is 0 Å². The van der Waals surface area contributed by atoms with Gasteiger partial charge in [-0.1, -0.05) is 0 Å². The van der Waals surface area contributed by atoms with E-state index in [4.69, 9.17) is 9.84 Å². The SMILES string of the molecule is CC(C)(C)OC(=O)NCCn1ncc(CO)n1. The molecule has 0 atom stereocenters. The summed E-state index contributed by atoms with van der Waals surface area (Å²) in [5.41, 5.74) is 0.000206. The van der Waals surface area contributed by atoms with E-state index in [2.05, 4.69) is 15.5 Å². The van der Waals surface area contributed by atoms with Gasteiger partial charge in [-0.2, -0.15) is 15.0 Å². The molecule has 0 spiro atoms. The minimum atomic E-state index is -0.502. The number of alkyl carbamates (subject to hydrolysis) is 1. The Kier molecular flexibility index (Phi) is 4.45. The molecule has 1 aromatic rings. The Morgan fingerprint density at radius 3 is 2.82 bits per heavy atom. The molecule has 96 valence electrons. The molecule has 0 bridgehead atoms. The Balaban J connectivity index is 2.26. The first-order chi connectivity index (χ1) is 7.90. The van der Waals surface area contributed by atoms with Gasteiger partial charge in [0.25, 0.3) is 0 Å². The summed E-state index contributed by atoms with van der Waals surface area (Å²) in [6.45, 7) is 6.06. The zero-order valence-corrected chi connectivity index (χ0v) is 10.3. The number of ether oxygens (including phenoxy) is 1. The number of rotatable bonds is 4. The summed E-state index contributed by atoms with van der Waals surface area (Å²) in [6.07, 6.45) is 1.01. The van der Waals surface area contributed by atoms with Crippen LogP contribution in [-0.4, -0.2) is 38.3 Å². The number of nitrogens with one attached hydrogen (secondary N) is 1. The van der Waals surface area contributed by atoms with E-state index in [1.807, 2.05) is 0 Å². The molecular weight excluding hydrogens is 224 g/mol. The Labute approximate surface area is 99.8 Å². The second-order valence-electron chi connectivity index (χ2n) is 4.52. The number of nitrogens with zero attached hydrogens (tertiary/aromatic N) is 3. The molecule has 1 amide bonds. The normalized spacial score (nSPS) is 11.3. The highest BCUT2D eigenvalue weighted by Crippen LogP contribution is 2.06. The summed E-state index contributed by atoms with van der Waals surface area (Å²) >= 11 is 0. The van der Waals surface area contributed by atoms with Crippen molar-refractivity contribution in [1.82, 2.24) is 20.3 Å². The zero-order chi connectivity index (χ0) is 12.9. The van der Waals surface area contributed by atoms with Crippen molar-refractivity contribution in [2.75, 3.05) is 6.54 Å². The Bertz CT molecular complexity index is 370. The number of carbonyl (C=O) groups is 1. The van der Waals surface area contributed by atoms with Crippen LogP contribution < -0.4 is 5.32 Å². The van der Waals surface area contributed by atoms with Crippen molar-refractivity contribution in [3.8, 4) is 0 Å². The molecule has 2 N–H and O–H groups in total. The number of aliphatic hydroxyl groups is 1. The number of aliphatic hydroxyl groups excluding tert-OH is 1. The molecule has 0 aliphatic carbocycles. The molecule has 0 saturated heterocycles. The fourth-order valence-corrected chi connectivity index (χ4v) is 1.09. The van der Waals surface area contributed by atoms with E-state index < -0.39 is 11.7 Å². The molecule has 0 fully saturated rings. The van der Waals surface area contributed by atoms with E-state index >= 15 is 0 Å². The van der Waals surface area contributed by atoms with Crippen molar-refractivity contribution in [3.05, 3.63) is 11.9 Å². The molecule has 0 saturated carbocycles. The van der Waals surface area contributed by atoms with E-state index in [1.54, 1.807) is 20.8 Å². The quantitative estimate of drug-likeness (QED) is 0.792. The number of amides is 1. The highest BCUT2D eigenvalue weighted by Gasteiger charge is 2.15. The summed E-state index contributed by atoms with van der Waals surface area (Å²) in [4.78, 5) is 12.7. The third kappa shape index (κ3) is 5.30. The van der Waals surface area contributed by atoms with Gasteiger partial charge in [0.15, 0.2) is 0 Å². The molecule has 0 aromatic carbocycles. The summed E-state index contributed by atoms with van der Waals surface area (Å²) in [6, 6.07) is 0. The van der Waals surface area contributed by atoms with Crippen molar-refractivity contribution in [2.45, 2.75) is 39.5 Å². The van der Waals surface area contributed by atoms with Crippen LogP contribution in [0.4, 0.5) is 4.79 Å². The summed E-state index contributed by atoms with van der Waals surface area (Å²) in [7, 11) is 0.